The van der Waals surface area contributed by atoms with Crippen LogP contribution in [0.3, 0.4) is 0 Å². The first-order valence-electron chi connectivity index (χ1n) is 6.61. The van der Waals surface area contributed by atoms with Crippen molar-refractivity contribution in [1.29, 1.82) is 0 Å². The number of hydrogen-bond acceptors (Lipinski definition) is 6. The number of rotatable bonds is 6. The first-order chi connectivity index (χ1) is 11.1. The van der Waals surface area contributed by atoms with E-state index in [1.54, 1.807) is 18.2 Å². The maximum atomic E-state index is 11.6. The minimum Gasteiger partial charge on any atom is -0.507 e. The molecule has 8 nitrogen and oxygen atoms in total. The molecule has 0 atom stereocenters. The van der Waals surface area contributed by atoms with Crippen LogP contribution in [0.1, 0.15) is 16.1 Å². The van der Waals surface area contributed by atoms with Crippen LogP contribution in [0.15, 0.2) is 46.1 Å². The summed E-state index contributed by atoms with van der Waals surface area (Å²) < 4.78 is 9.91. The minimum atomic E-state index is -0.524. The van der Waals surface area contributed by atoms with E-state index < -0.39 is 11.8 Å². The van der Waals surface area contributed by atoms with Crippen LogP contribution in [-0.4, -0.2) is 36.8 Å². The SMILES string of the molecule is COc1ccc(O)c(C=NNC(=O)CNC(=O)c2ccco2)c1. The van der Waals surface area contributed by atoms with Gasteiger partial charge in [0.2, 0.25) is 0 Å². The van der Waals surface area contributed by atoms with Crippen LogP contribution in [0.4, 0.5) is 0 Å². The predicted molar refractivity (Wildman–Crippen MR) is 81.4 cm³/mol. The van der Waals surface area contributed by atoms with Gasteiger partial charge in [-0.25, -0.2) is 5.43 Å². The number of benzene rings is 1. The molecule has 1 aromatic carbocycles. The molecule has 0 aliphatic heterocycles. The number of aromatic hydroxyl groups is 1. The molecular weight excluding hydrogens is 302 g/mol. The lowest BCUT2D eigenvalue weighted by atomic mass is 10.2. The second-order valence-electron chi connectivity index (χ2n) is 4.38. The Morgan fingerprint density at radius 1 is 1.39 bits per heavy atom. The smallest absolute Gasteiger partial charge is 0.287 e. The first kappa shape index (κ1) is 16.1. The molecule has 0 spiro atoms. The van der Waals surface area contributed by atoms with Crippen LogP contribution in [0.25, 0.3) is 0 Å². The number of methoxy groups -OCH3 is 1. The summed E-state index contributed by atoms with van der Waals surface area (Å²) >= 11 is 0. The topological polar surface area (TPSA) is 113 Å². The Morgan fingerprint density at radius 3 is 2.91 bits per heavy atom. The van der Waals surface area contributed by atoms with E-state index in [0.717, 1.165) is 0 Å². The van der Waals surface area contributed by atoms with Crippen LogP contribution < -0.4 is 15.5 Å². The Bertz CT molecular complexity index is 710. The van der Waals surface area contributed by atoms with Crippen molar-refractivity contribution in [3.8, 4) is 11.5 Å². The molecule has 1 heterocycles. The van der Waals surface area contributed by atoms with Crippen LogP contribution >= 0.6 is 0 Å². The molecule has 8 heteroatoms. The summed E-state index contributed by atoms with van der Waals surface area (Å²) in [6.45, 7) is -0.263. The van der Waals surface area contributed by atoms with E-state index in [-0.39, 0.29) is 18.1 Å². The van der Waals surface area contributed by atoms with E-state index in [4.69, 9.17) is 9.15 Å². The number of furan rings is 1. The number of phenolic OH excluding ortho intramolecular Hbond substituents is 1. The summed E-state index contributed by atoms with van der Waals surface area (Å²) in [7, 11) is 1.50. The quantitative estimate of drug-likeness (QED) is 0.540. The molecular formula is C15H15N3O5. The van der Waals surface area contributed by atoms with E-state index >= 15 is 0 Å². The molecule has 0 saturated heterocycles. The number of hydrazone groups is 1. The summed E-state index contributed by atoms with van der Waals surface area (Å²) in [5.41, 5.74) is 2.61. The van der Waals surface area contributed by atoms with Crippen LogP contribution in [0.2, 0.25) is 0 Å². The number of nitrogens with one attached hydrogen (secondary N) is 2. The van der Waals surface area contributed by atoms with Gasteiger partial charge in [-0.15, -0.1) is 0 Å². The lowest BCUT2D eigenvalue weighted by molar-refractivity contribution is -0.120. The highest BCUT2D eigenvalue weighted by molar-refractivity contribution is 5.94. The third-order valence-electron chi connectivity index (χ3n) is 2.78. The fourth-order valence-electron chi connectivity index (χ4n) is 1.63. The molecule has 2 amide bonds. The molecule has 0 fully saturated rings. The van der Waals surface area contributed by atoms with Gasteiger partial charge >= 0.3 is 0 Å². The summed E-state index contributed by atoms with van der Waals surface area (Å²) in [5, 5.41) is 15.7. The maximum Gasteiger partial charge on any atom is 0.287 e. The molecule has 0 bridgehead atoms. The third-order valence-corrected chi connectivity index (χ3v) is 2.78. The van der Waals surface area contributed by atoms with Gasteiger partial charge in [0.25, 0.3) is 11.8 Å². The van der Waals surface area contributed by atoms with Gasteiger partial charge in [-0.2, -0.15) is 5.10 Å². The van der Waals surface area contributed by atoms with Gasteiger partial charge in [0.15, 0.2) is 5.76 Å². The average molecular weight is 317 g/mol. The lowest BCUT2D eigenvalue weighted by Crippen LogP contribution is -2.34. The summed E-state index contributed by atoms with van der Waals surface area (Å²) in [5.74, 6) is -0.373. The summed E-state index contributed by atoms with van der Waals surface area (Å²) in [6, 6.07) is 7.65. The largest absolute Gasteiger partial charge is 0.507 e. The normalized spacial score (nSPS) is 10.5. The minimum absolute atomic E-state index is 0.00470. The number of nitrogens with zero attached hydrogens (tertiary/aromatic N) is 1. The van der Waals surface area contributed by atoms with E-state index in [1.165, 1.54) is 31.7 Å². The molecule has 2 aromatic rings. The number of amides is 2. The highest BCUT2D eigenvalue weighted by atomic mass is 16.5. The Morgan fingerprint density at radius 2 is 2.22 bits per heavy atom. The van der Waals surface area contributed by atoms with Crippen LogP contribution in [0, 0.1) is 0 Å². The lowest BCUT2D eigenvalue weighted by Gasteiger charge is -2.04. The second-order valence-corrected chi connectivity index (χ2v) is 4.38. The van der Waals surface area contributed by atoms with Crippen LogP contribution in [-0.2, 0) is 4.79 Å². The van der Waals surface area contributed by atoms with Crippen molar-refractivity contribution in [3.63, 3.8) is 0 Å². The molecule has 1 aromatic heterocycles. The van der Waals surface area contributed by atoms with E-state index in [0.29, 0.717) is 11.3 Å². The molecule has 0 aliphatic carbocycles. The number of carbonyl (C=O) groups is 2. The zero-order chi connectivity index (χ0) is 16.7. The molecule has 3 N–H and O–H groups in total. The maximum absolute atomic E-state index is 11.6. The highest BCUT2D eigenvalue weighted by Gasteiger charge is 2.09. The Balaban J connectivity index is 1.83. The van der Waals surface area contributed by atoms with Gasteiger partial charge in [-0.3, -0.25) is 9.59 Å². The molecule has 0 unspecified atom stereocenters. The van der Waals surface area contributed by atoms with Gasteiger partial charge in [-0.1, -0.05) is 0 Å². The first-order valence-corrected chi connectivity index (χ1v) is 6.61. The summed E-state index contributed by atoms with van der Waals surface area (Å²) in [6.07, 6.45) is 2.63. The van der Waals surface area contributed by atoms with Crippen molar-refractivity contribution >= 4 is 18.0 Å². The Labute approximate surface area is 131 Å². The van der Waals surface area contributed by atoms with Gasteiger partial charge in [0.1, 0.15) is 11.5 Å². The molecule has 23 heavy (non-hydrogen) atoms. The predicted octanol–water partition coefficient (Wildman–Crippen LogP) is 0.874. The highest BCUT2D eigenvalue weighted by Crippen LogP contribution is 2.20. The van der Waals surface area contributed by atoms with Crippen molar-refractivity contribution in [2.45, 2.75) is 0 Å². The van der Waals surface area contributed by atoms with Gasteiger partial charge < -0.3 is 19.6 Å². The van der Waals surface area contributed by atoms with Crippen molar-refractivity contribution in [2.24, 2.45) is 5.10 Å². The van der Waals surface area contributed by atoms with Gasteiger partial charge in [-0.05, 0) is 30.3 Å². The second kappa shape index (κ2) is 7.64. The number of ether oxygens (including phenoxy) is 1. The number of phenols is 1. The van der Waals surface area contributed by atoms with Crippen molar-refractivity contribution in [3.05, 3.63) is 47.9 Å². The van der Waals surface area contributed by atoms with Crippen molar-refractivity contribution in [1.82, 2.24) is 10.7 Å². The Hall–Kier alpha value is -3.29. The molecule has 0 aliphatic rings. The Kier molecular flexibility index (Phi) is 5.35. The van der Waals surface area contributed by atoms with E-state index in [2.05, 4.69) is 15.8 Å². The molecule has 0 radical (unpaired) electrons. The zero-order valence-electron chi connectivity index (χ0n) is 12.3. The third kappa shape index (κ3) is 4.60. The standard InChI is InChI=1S/C15H15N3O5/c1-22-11-4-5-12(19)10(7-11)8-17-18-14(20)9-16-15(21)13-3-2-6-23-13/h2-8,19H,9H2,1H3,(H,16,21)(H,18,20). The van der Waals surface area contributed by atoms with Gasteiger partial charge in [0, 0.05) is 5.56 Å². The van der Waals surface area contributed by atoms with Crippen molar-refractivity contribution in [2.75, 3.05) is 13.7 Å². The van der Waals surface area contributed by atoms with Gasteiger partial charge in [0.05, 0.1) is 26.1 Å². The number of hydrogen-bond donors (Lipinski definition) is 3. The molecule has 120 valence electrons. The molecule has 2 rings (SSSR count). The zero-order valence-corrected chi connectivity index (χ0v) is 12.3. The van der Waals surface area contributed by atoms with Crippen molar-refractivity contribution < 1.29 is 23.8 Å². The fourth-order valence-corrected chi connectivity index (χ4v) is 1.63. The monoisotopic (exact) mass is 317 g/mol. The van der Waals surface area contributed by atoms with Crippen LogP contribution in [0.5, 0.6) is 11.5 Å². The molecule has 0 saturated carbocycles. The fraction of sp³-hybridized carbons (Fsp3) is 0.133. The van der Waals surface area contributed by atoms with E-state index in [1.807, 2.05) is 0 Å². The summed E-state index contributed by atoms with van der Waals surface area (Å²) in [4.78, 5) is 23.1. The van der Waals surface area contributed by atoms with E-state index in [9.17, 15) is 14.7 Å². The number of carbonyl (C=O) groups excluding carboxylic acids is 2. The average Bonchev–Trinajstić information content (AvgIpc) is 3.09.